The normalized spacial score (nSPS) is 25.5. The summed E-state index contributed by atoms with van der Waals surface area (Å²) in [6.07, 6.45) is 6.07. The van der Waals surface area contributed by atoms with E-state index >= 15 is 0 Å². The van der Waals surface area contributed by atoms with E-state index in [2.05, 4.69) is 21.9 Å². The van der Waals surface area contributed by atoms with Gasteiger partial charge in [-0.05, 0) is 39.3 Å². The molecular weight excluding hydrogens is 312 g/mol. The predicted octanol–water partition coefficient (Wildman–Crippen LogP) is 2.95. The maximum atomic E-state index is 13.0. The van der Waals surface area contributed by atoms with Crippen LogP contribution in [0.3, 0.4) is 0 Å². The number of likely N-dealkylation sites (tertiary alicyclic amines) is 2. The summed E-state index contributed by atoms with van der Waals surface area (Å²) in [4.78, 5) is 26.1. The van der Waals surface area contributed by atoms with Crippen LogP contribution in [0.15, 0.2) is 6.20 Å². The second-order valence-electron chi connectivity index (χ2n) is 6.98. The molecule has 6 heteroatoms. The maximum absolute atomic E-state index is 13.0. The minimum atomic E-state index is -0.0397. The molecule has 5 nitrogen and oxygen atoms in total. The lowest BCUT2D eigenvalue weighted by Gasteiger charge is -2.33. The van der Waals surface area contributed by atoms with Crippen LogP contribution in [0, 0.1) is 0 Å². The Morgan fingerprint density at radius 1 is 1.26 bits per heavy atom. The van der Waals surface area contributed by atoms with Crippen LogP contribution in [0.4, 0.5) is 0 Å². The summed E-state index contributed by atoms with van der Waals surface area (Å²) < 4.78 is 0. The third-order valence-corrected chi connectivity index (χ3v) is 5.34. The van der Waals surface area contributed by atoms with Gasteiger partial charge in [0.15, 0.2) is 5.69 Å². The molecule has 2 aliphatic rings. The molecule has 0 N–H and O–H groups in total. The van der Waals surface area contributed by atoms with Crippen molar-refractivity contribution < 1.29 is 4.79 Å². The number of likely N-dealkylation sites (N-methyl/N-ethyl adjacent to an activating group) is 1. The molecule has 23 heavy (non-hydrogen) atoms. The summed E-state index contributed by atoms with van der Waals surface area (Å²) in [5.74, 6) is 0.808. The Bertz CT molecular complexity index is 592. The van der Waals surface area contributed by atoms with Crippen LogP contribution in [0.1, 0.15) is 61.8 Å². The number of rotatable bonds is 3. The molecule has 0 aromatic carbocycles. The third kappa shape index (κ3) is 3.22. The average Bonchev–Trinajstić information content (AvgIpc) is 3.14. The second-order valence-corrected chi connectivity index (χ2v) is 7.38. The van der Waals surface area contributed by atoms with Gasteiger partial charge in [0.25, 0.3) is 5.91 Å². The number of aromatic nitrogens is 2. The third-order valence-electron chi connectivity index (χ3n) is 5.06. The van der Waals surface area contributed by atoms with E-state index < -0.39 is 0 Å². The Balaban J connectivity index is 1.85. The molecule has 3 rings (SSSR count). The van der Waals surface area contributed by atoms with E-state index in [-0.39, 0.29) is 17.9 Å². The van der Waals surface area contributed by atoms with E-state index in [1.165, 1.54) is 12.8 Å². The Hall–Kier alpha value is -1.20. The zero-order valence-corrected chi connectivity index (χ0v) is 14.9. The summed E-state index contributed by atoms with van der Waals surface area (Å²) in [7, 11) is 2.16. The summed E-state index contributed by atoms with van der Waals surface area (Å²) in [6.45, 7) is 5.95. The van der Waals surface area contributed by atoms with Crippen molar-refractivity contribution in [1.29, 1.82) is 0 Å². The molecule has 1 aromatic heterocycles. The highest BCUT2D eigenvalue weighted by atomic mass is 35.5. The molecule has 0 radical (unpaired) electrons. The van der Waals surface area contributed by atoms with Crippen LogP contribution in [0.2, 0.25) is 5.02 Å². The Morgan fingerprint density at radius 3 is 2.61 bits per heavy atom. The first kappa shape index (κ1) is 16.7. The molecule has 0 bridgehead atoms. The molecule has 0 saturated carbocycles. The van der Waals surface area contributed by atoms with Gasteiger partial charge in [0.05, 0.1) is 11.2 Å². The molecule has 2 aliphatic heterocycles. The Morgan fingerprint density at radius 2 is 1.96 bits per heavy atom. The highest BCUT2D eigenvalue weighted by Gasteiger charge is 2.39. The minimum Gasteiger partial charge on any atom is -0.333 e. The van der Waals surface area contributed by atoms with Crippen LogP contribution in [0.5, 0.6) is 0 Å². The van der Waals surface area contributed by atoms with E-state index in [0.717, 1.165) is 25.9 Å². The number of carbonyl (C=O) groups excluding carboxylic acids is 1. The number of carbonyl (C=O) groups is 1. The van der Waals surface area contributed by atoms with E-state index in [0.29, 0.717) is 22.6 Å². The predicted molar refractivity (Wildman–Crippen MR) is 90.8 cm³/mol. The standard InChI is InChI=1S/C17H25ClN4O/c1-11(2)16-19-10-12(18)15(20-16)17(23)22-9-5-7-14(22)13-6-4-8-21(13)3/h10-11,13-14H,4-9H2,1-3H3/t13-,14-/m0/s1. The largest absolute Gasteiger partial charge is 0.333 e. The maximum Gasteiger partial charge on any atom is 0.274 e. The number of amides is 1. The lowest BCUT2D eigenvalue weighted by atomic mass is 10.0. The van der Waals surface area contributed by atoms with Crippen molar-refractivity contribution in [2.24, 2.45) is 0 Å². The van der Waals surface area contributed by atoms with Gasteiger partial charge in [-0.1, -0.05) is 25.4 Å². The minimum absolute atomic E-state index is 0.0397. The SMILES string of the molecule is CC(C)c1ncc(Cl)c(C(=O)N2CCC[C@H]2[C@@H]2CCCN2C)n1. The average molecular weight is 337 g/mol. The van der Waals surface area contributed by atoms with Crippen molar-refractivity contribution in [3.05, 3.63) is 22.7 Å². The molecule has 0 aliphatic carbocycles. The molecule has 1 aromatic rings. The fourth-order valence-electron chi connectivity index (χ4n) is 3.81. The summed E-state index contributed by atoms with van der Waals surface area (Å²) in [5.41, 5.74) is 0.359. The molecule has 3 heterocycles. The monoisotopic (exact) mass is 336 g/mol. The molecule has 0 spiro atoms. The summed E-state index contributed by atoms with van der Waals surface area (Å²) in [6, 6.07) is 0.746. The second kappa shape index (κ2) is 6.73. The highest BCUT2D eigenvalue weighted by Crippen LogP contribution is 2.31. The topological polar surface area (TPSA) is 49.3 Å². The van der Waals surface area contributed by atoms with E-state index in [4.69, 9.17) is 11.6 Å². The molecule has 2 atom stereocenters. The Kier molecular flexibility index (Phi) is 4.87. The summed E-state index contributed by atoms with van der Waals surface area (Å²) in [5, 5.41) is 0.352. The fourth-order valence-corrected chi connectivity index (χ4v) is 3.98. The lowest BCUT2D eigenvalue weighted by Crippen LogP contribution is -2.47. The quantitative estimate of drug-likeness (QED) is 0.851. The Labute approximate surface area is 143 Å². The van der Waals surface area contributed by atoms with Gasteiger partial charge in [0, 0.05) is 24.5 Å². The fraction of sp³-hybridized carbons (Fsp3) is 0.706. The number of hydrogen-bond donors (Lipinski definition) is 0. The zero-order chi connectivity index (χ0) is 16.6. The van der Waals surface area contributed by atoms with E-state index in [9.17, 15) is 4.79 Å². The van der Waals surface area contributed by atoms with Crippen LogP contribution < -0.4 is 0 Å². The van der Waals surface area contributed by atoms with Crippen LogP contribution in [-0.2, 0) is 0 Å². The smallest absolute Gasteiger partial charge is 0.274 e. The number of halogens is 1. The molecule has 0 unspecified atom stereocenters. The lowest BCUT2D eigenvalue weighted by molar-refractivity contribution is 0.0658. The van der Waals surface area contributed by atoms with Crippen molar-refractivity contribution in [2.75, 3.05) is 20.1 Å². The molecule has 126 valence electrons. The van der Waals surface area contributed by atoms with Crippen LogP contribution in [-0.4, -0.2) is 57.9 Å². The van der Waals surface area contributed by atoms with E-state index in [1.807, 2.05) is 18.7 Å². The van der Waals surface area contributed by atoms with Gasteiger partial charge >= 0.3 is 0 Å². The van der Waals surface area contributed by atoms with Gasteiger partial charge in [-0.15, -0.1) is 0 Å². The molecular formula is C17H25ClN4O. The summed E-state index contributed by atoms with van der Waals surface area (Å²) >= 11 is 6.23. The molecule has 1 amide bonds. The van der Waals surface area contributed by atoms with E-state index in [1.54, 1.807) is 6.20 Å². The van der Waals surface area contributed by atoms with Gasteiger partial charge in [-0.25, -0.2) is 9.97 Å². The first-order valence-corrected chi connectivity index (χ1v) is 8.90. The first-order valence-electron chi connectivity index (χ1n) is 8.52. The highest BCUT2D eigenvalue weighted by molar-refractivity contribution is 6.33. The van der Waals surface area contributed by atoms with Crippen molar-refractivity contribution >= 4 is 17.5 Å². The zero-order valence-electron chi connectivity index (χ0n) is 14.1. The van der Waals surface area contributed by atoms with Crippen molar-refractivity contribution in [3.63, 3.8) is 0 Å². The first-order chi connectivity index (χ1) is 11.0. The van der Waals surface area contributed by atoms with Gasteiger partial charge in [0.2, 0.25) is 0 Å². The van der Waals surface area contributed by atoms with Crippen LogP contribution in [0.25, 0.3) is 0 Å². The molecule has 2 fully saturated rings. The number of hydrogen-bond acceptors (Lipinski definition) is 4. The van der Waals surface area contributed by atoms with Crippen molar-refractivity contribution in [2.45, 2.75) is 57.5 Å². The van der Waals surface area contributed by atoms with Gasteiger partial charge in [-0.3, -0.25) is 4.79 Å². The van der Waals surface area contributed by atoms with Crippen molar-refractivity contribution in [3.8, 4) is 0 Å². The van der Waals surface area contributed by atoms with Gasteiger partial charge < -0.3 is 9.80 Å². The van der Waals surface area contributed by atoms with Crippen molar-refractivity contribution in [1.82, 2.24) is 19.8 Å². The molecule has 2 saturated heterocycles. The van der Waals surface area contributed by atoms with Gasteiger partial charge in [-0.2, -0.15) is 0 Å². The number of nitrogens with zero attached hydrogens (tertiary/aromatic N) is 4. The van der Waals surface area contributed by atoms with Crippen LogP contribution >= 0.6 is 11.6 Å². The van der Waals surface area contributed by atoms with Gasteiger partial charge in [0.1, 0.15) is 5.82 Å².